The molecular formula is C13H12N4O3. The maximum Gasteiger partial charge on any atom is 0.270 e. The van der Waals surface area contributed by atoms with E-state index in [1.165, 1.54) is 12.1 Å². The number of non-ortho nitro benzene ring substituents is 1. The highest BCUT2D eigenvalue weighted by Crippen LogP contribution is 2.23. The fourth-order valence-corrected chi connectivity index (χ4v) is 1.82. The van der Waals surface area contributed by atoms with E-state index in [-0.39, 0.29) is 5.69 Å². The van der Waals surface area contributed by atoms with E-state index < -0.39 is 10.8 Å². The zero-order valence-corrected chi connectivity index (χ0v) is 10.7. The lowest BCUT2D eigenvalue weighted by Crippen LogP contribution is -2.30. The van der Waals surface area contributed by atoms with Gasteiger partial charge >= 0.3 is 0 Å². The number of nitrogen functional groups attached to an aromatic ring is 1. The predicted molar refractivity (Wildman–Crippen MR) is 72.7 cm³/mol. The van der Waals surface area contributed by atoms with E-state index in [4.69, 9.17) is 5.84 Å². The third-order valence-corrected chi connectivity index (χ3v) is 2.81. The minimum atomic E-state index is -0.466. The first kappa shape index (κ1) is 13.6. The molecule has 3 N–H and O–H groups in total. The van der Waals surface area contributed by atoms with Gasteiger partial charge in [0.25, 0.3) is 11.6 Å². The minimum Gasteiger partial charge on any atom is -0.290 e. The summed E-state index contributed by atoms with van der Waals surface area (Å²) in [6.45, 7) is 1.67. The fraction of sp³-hybridized carbons (Fsp3) is 0.0769. The number of hydrogen-bond donors (Lipinski definition) is 2. The van der Waals surface area contributed by atoms with Crippen molar-refractivity contribution < 1.29 is 9.72 Å². The van der Waals surface area contributed by atoms with Crippen LogP contribution in [0.3, 0.4) is 0 Å². The Morgan fingerprint density at radius 2 is 2.10 bits per heavy atom. The van der Waals surface area contributed by atoms with Crippen LogP contribution in [0, 0.1) is 17.0 Å². The monoisotopic (exact) mass is 272 g/mol. The Labute approximate surface area is 114 Å². The van der Waals surface area contributed by atoms with Crippen LogP contribution in [0.4, 0.5) is 5.69 Å². The van der Waals surface area contributed by atoms with Crippen molar-refractivity contribution in [3.8, 4) is 11.3 Å². The zero-order valence-electron chi connectivity index (χ0n) is 10.7. The number of hydrazine groups is 1. The lowest BCUT2D eigenvalue weighted by atomic mass is 10.1. The molecule has 0 saturated heterocycles. The molecule has 0 aliphatic heterocycles. The van der Waals surface area contributed by atoms with Gasteiger partial charge in [-0.1, -0.05) is 12.1 Å². The van der Waals surface area contributed by atoms with Gasteiger partial charge in [0.2, 0.25) is 0 Å². The van der Waals surface area contributed by atoms with E-state index in [1.807, 2.05) is 5.43 Å². The van der Waals surface area contributed by atoms with Crippen LogP contribution in [-0.4, -0.2) is 15.8 Å². The summed E-state index contributed by atoms with van der Waals surface area (Å²) in [5.41, 5.74) is 4.06. The molecule has 1 heterocycles. The van der Waals surface area contributed by atoms with Crippen LogP contribution < -0.4 is 11.3 Å². The van der Waals surface area contributed by atoms with Gasteiger partial charge in [-0.05, 0) is 19.1 Å². The van der Waals surface area contributed by atoms with E-state index in [0.717, 1.165) is 0 Å². The van der Waals surface area contributed by atoms with Gasteiger partial charge in [-0.2, -0.15) is 0 Å². The second-order valence-corrected chi connectivity index (χ2v) is 4.11. The molecule has 1 aromatic heterocycles. The molecular weight excluding hydrogens is 260 g/mol. The molecule has 0 aliphatic rings. The number of nitro benzene ring substituents is 1. The number of pyridine rings is 1. The Hall–Kier alpha value is -2.80. The molecule has 0 fully saturated rings. The second-order valence-electron chi connectivity index (χ2n) is 4.11. The zero-order chi connectivity index (χ0) is 14.7. The molecule has 0 unspecified atom stereocenters. The van der Waals surface area contributed by atoms with Crippen molar-refractivity contribution in [2.24, 2.45) is 5.84 Å². The van der Waals surface area contributed by atoms with Gasteiger partial charge in [0.1, 0.15) is 0 Å². The lowest BCUT2D eigenvalue weighted by Gasteiger charge is -2.06. The number of nitrogens with one attached hydrogen (secondary N) is 1. The summed E-state index contributed by atoms with van der Waals surface area (Å²) < 4.78 is 0. The van der Waals surface area contributed by atoms with Crippen LogP contribution >= 0.6 is 0 Å². The number of hydrogen-bond acceptors (Lipinski definition) is 5. The number of nitro groups is 1. The summed E-state index contributed by atoms with van der Waals surface area (Å²) in [6, 6.07) is 9.36. The van der Waals surface area contributed by atoms with Gasteiger partial charge in [0, 0.05) is 17.7 Å². The Bertz CT molecular complexity index is 685. The average molecular weight is 272 g/mol. The first-order chi connectivity index (χ1) is 9.52. The molecule has 0 spiro atoms. The topological polar surface area (TPSA) is 111 Å². The quantitative estimate of drug-likeness (QED) is 0.381. The molecule has 0 aliphatic carbocycles. The van der Waals surface area contributed by atoms with Crippen LogP contribution in [0.15, 0.2) is 36.4 Å². The van der Waals surface area contributed by atoms with Crippen molar-refractivity contribution in [3.05, 3.63) is 57.8 Å². The molecule has 2 aromatic rings. The second kappa shape index (κ2) is 5.45. The molecule has 0 bridgehead atoms. The predicted octanol–water partition coefficient (Wildman–Crippen LogP) is 1.57. The first-order valence-corrected chi connectivity index (χ1v) is 5.76. The van der Waals surface area contributed by atoms with Crippen LogP contribution in [0.1, 0.15) is 16.1 Å². The molecule has 1 aromatic carbocycles. The Kier molecular flexibility index (Phi) is 3.72. The van der Waals surface area contributed by atoms with Crippen molar-refractivity contribution in [2.75, 3.05) is 0 Å². The molecule has 102 valence electrons. The lowest BCUT2D eigenvalue weighted by molar-refractivity contribution is -0.384. The van der Waals surface area contributed by atoms with Gasteiger partial charge in [0.05, 0.1) is 21.9 Å². The smallest absolute Gasteiger partial charge is 0.270 e. The normalized spacial score (nSPS) is 10.1. The number of aromatic nitrogens is 1. The molecule has 7 nitrogen and oxygen atoms in total. The number of aryl methyl sites for hydroxylation is 1. The number of nitrogens with two attached hydrogens (primary N) is 1. The highest BCUT2D eigenvalue weighted by atomic mass is 16.6. The third-order valence-electron chi connectivity index (χ3n) is 2.81. The van der Waals surface area contributed by atoms with Crippen LogP contribution in [0.5, 0.6) is 0 Å². The van der Waals surface area contributed by atoms with E-state index in [2.05, 4.69) is 4.98 Å². The number of benzene rings is 1. The maximum atomic E-state index is 11.5. The van der Waals surface area contributed by atoms with Gasteiger partial charge in [-0.25, -0.2) is 5.84 Å². The Morgan fingerprint density at radius 3 is 2.70 bits per heavy atom. The third kappa shape index (κ3) is 2.62. The standard InChI is InChI=1S/C13H12N4O3/c1-8-11(13(18)16-14)5-6-12(15-8)9-3-2-4-10(7-9)17(19)20/h2-7H,14H2,1H3,(H,16,18). The number of nitrogens with zero attached hydrogens (tertiary/aromatic N) is 2. The molecule has 0 saturated carbocycles. The van der Waals surface area contributed by atoms with E-state index in [9.17, 15) is 14.9 Å². The maximum absolute atomic E-state index is 11.5. The van der Waals surface area contributed by atoms with Crippen molar-refractivity contribution >= 4 is 11.6 Å². The molecule has 0 radical (unpaired) electrons. The summed E-state index contributed by atoms with van der Waals surface area (Å²) >= 11 is 0. The Balaban J connectivity index is 2.44. The summed E-state index contributed by atoms with van der Waals surface area (Å²) in [5.74, 6) is 4.64. The number of amides is 1. The fourth-order valence-electron chi connectivity index (χ4n) is 1.82. The molecule has 1 amide bonds. The highest BCUT2D eigenvalue weighted by molar-refractivity contribution is 5.95. The number of rotatable bonds is 3. The van der Waals surface area contributed by atoms with Crippen molar-refractivity contribution in [3.63, 3.8) is 0 Å². The van der Waals surface area contributed by atoms with Crippen LogP contribution in [-0.2, 0) is 0 Å². The van der Waals surface area contributed by atoms with Gasteiger partial charge < -0.3 is 0 Å². The first-order valence-electron chi connectivity index (χ1n) is 5.76. The van der Waals surface area contributed by atoms with Gasteiger partial charge in [0.15, 0.2) is 0 Å². The Morgan fingerprint density at radius 1 is 1.35 bits per heavy atom. The molecule has 7 heteroatoms. The van der Waals surface area contributed by atoms with E-state index in [0.29, 0.717) is 22.5 Å². The molecule has 20 heavy (non-hydrogen) atoms. The van der Waals surface area contributed by atoms with Crippen LogP contribution in [0.2, 0.25) is 0 Å². The van der Waals surface area contributed by atoms with E-state index >= 15 is 0 Å². The van der Waals surface area contributed by atoms with Gasteiger partial charge in [-0.15, -0.1) is 0 Å². The average Bonchev–Trinajstić information content (AvgIpc) is 2.46. The van der Waals surface area contributed by atoms with Crippen LogP contribution in [0.25, 0.3) is 11.3 Å². The summed E-state index contributed by atoms with van der Waals surface area (Å²) in [4.78, 5) is 26.0. The highest BCUT2D eigenvalue weighted by Gasteiger charge is 2.12. The SMILES string of the molecule is Cc1nc(-c2cccc([N+](=O)[O-])c2)ccc1C(=O)NN. The summed E-state index contributed by atoms with van der Waals surface area (Å²) in [7, 11) is 0. The van der Waals surface area contributed by atoms with Gasteiger partial charge in [-0.3, -0.25) is 25.3 Å². The minimum absolute atomic E-state index is 0.00858. The van der Waals surface area contributed by atoms with E-state index in [1.54, 1.807) is 31.2 Å². The number of carbonyl (C=O) groups is 1. The number of carbonyl (C=O) groups excluding carboxylic acids is 1. The molecule has 0 atom stereocenters. The molecule has 2 rings (SSSR count). The summed E-state index contributed by atoms with van der Waals surface area (Å²) in [6.07, 6.45) is 0. The summed E-state index contributed by atoms with van der Waals surface area (Å²) in [5, 5.41) is 10.8. The largest absolute Gasteiger partial charge is 0.290 e. The van der Waals surface area contributed by atoms with Crippen molar-refractivity contribution in [1.82, 2.24) is 10.4 Å². The van der Waals surface area contributed by atoms with Crippen molar-refractivity contribution in [2.45, 2.75) is 6.92 Å². The van der Waals surface area contributed by atoms with Crippen molar-refractivity contribution in [1.29, 1.82) is 0 Å².